The molecule has 2 aromatic rings. The normalized spacial score (nSPS) is 23.3. The molecule has 1 amide bonds. The zero-order valence-corrected chi connectivity index (χ0v) is 25.2. The number of hydroxylamine groups is 3. The highest BCUT2D eigenvalue weighted by atomic mass is 32.2. The lowest BCUT2D eigenvalue weighted by molar-refractivity contribution is -0.888. The van der Waals surface area contributed by atoms with Crippen LogP contribution in [0.3, 0.4) is 0 Å². The molecule has 1 aromatic carbocycles. The fraction of sp³-hybridized carbons (Fsp3) is 0.444. The number of nitrogens with zero attached hydrogens (tertiary/aromatic N) is 4. The van der Waals surface area contributed by atoms with Crippen molar-refractivity contribution in [1.29, 1.82) is 0 Å². The number of aromatic carboxylic acids is 1. The maximum Gasteiger partial charge on any atom is 0.391 e. The molecule has 2 atom stereocenters. The lowest BCUT2D eigenvalue weighted by Gasteiger charge is -2.51. The average Bonchev–Trinajstić information content (AvgIpc) is 3.79. The molecule has 43 heavy (non-hydrogen) atoms. The van der Waals surface area contributed by atoms with Gasteiger partial charge in [-0.05, 0) is 25.0 Å². The van der Waals surface area contributed by atoms with Crippen molar-refractivity contribution in [3.8, 4) is 0 Å². The van der Waals surface area contributed by atoms with Crippen LogP contribution in [-0.2, 0) is 9.59 Å². The number of carboxylic acids is 2. The van der Waals surface area contributed by atoms with Crippen LogP contribution in [0.15, 0.2) is 33.7 Å². The Kier molecular flexibility index (Phi) is 7.91. The number of aromatic nitrogens is 1. The van der Waals surface area contributed by atoms with Gasteiger partial charge < -0.3 is 39.8 Å². The van der Waals surface area contributed by atoms with Gasteiger partial charge in [0.25, 0.3) is 0 Å². The van der Waals surface area contributed by atoms with Crippen molar-refractivity contribution >= 4 is 74.5 Å². The van der Waals surface area contributed by atoms with E-state index in [-0.39, 0.29) is 52.8 Å². The Hall–Kier alpha value is -3.18. The third-order valence-electron chi connectivity index (χ3n) is 8.22. The average molecular weight is 650 g/mol. The smallest absolute Gasteiger partial charge is 0.391 e. The Morgan fingerprint density at radius 2 is 1.86 bits per heavy atom. The SMILES string of the molecule is O=C(CSC(=S)N1CCN(c2cc3c(cc2F)c(=O)c(C(=O)O)cn3C2CC2)CC1)NCC1=C(C(=O)O)[N@+]2([O-])CC[C@H]2S1. The summed E-state index contributed by atoms with van der Waals surface area (Å²) in [4.78, 5) is 52.7. The molecule has 3 aliphatic heterocycles. The second-order valence-electron chi connectivity index (χ2n) is 10.9. The maximum atomic E-state index is 15.3. The van der Waals surface area contributed by atoms with Crippen molar-refractivity contribution < 1.29 is 33.6 Å². The van der Waals surface area contributed by atoms with Crippen LogP contribution in [0, 0.1) is 11.0 Å². The van der Waals surface area contributed by atoms with Crippen LogP contribution in [0.5, 0.6) is 0 Å². The van der Waals surface area contributed by atoms with E-state index in [4.69, 9.17) is 12.2 Å². The van der Waals surface area contributed by atoms with Crippen LogP contribution in [0.25, 0.3) is 10.9 Å². The van der Waals surface area contributed by atoms with Gasteiger partial charge in [-0.3, -0.25) is 9.59 Å². The minimum Gasteiger partial charge on any atom is -0.626 e. The number of quaternary nitrogens is 1. The topological polar surface area (TPSA) is 155 Å². The second-order valence-corrected chi connectivity index (χ2v) is 13.8. The molecule has 3 fully saturated rings. The number of carbonyl (C=O) groups excluding carboxylic acids is 1. The summed E-state index contributed by atoms with van der Waals surface area (Å²) in [7, 11) is 0. The van der Waals surface area contributed by atoms with E-state index >= 15 is 4.39 Å². The van der Waals surface area contributed by atoms with Gasteiger partial charge in [0.15, 0.2) is 5.37 Å². The van der Waals surface area contributed by atoms with Gasteiger partial charge in [0.05, 0.1) is 41.4 Å². The molecule has 2 saturated heterocycles. The highest BCUT2D eigenvalue weighted by Gasteiger charge is 2.53. The van der Waals surface area contributed by atoms with Crippen LogP contribution in [0.4, 0.5) is 10.1 Å². The number of halogens is 1. The standard InChI is InChI=1S/C27H28FN5O7S3/c28-17-9-15-18(32(14-1-2-14)12-16(24(15)35)25(36)37)10-19(17)30-4-6-31(7-5-30)27(41)42-13-21(34)29-11-20-23(26(38)39)33(40)8-3-22(33)43-20/h9-10,12,14,22H,1-8,11,13H2,(H,29,34)(H,36,37)(H,38,39)/t22-,33+/m1/s1. The van der Waals surface area contributed by atoms with Crippen molar-refractivity contribution in [2.75, 3.05) is 49.9 Å². The Balaban J connectivity index is 1.05. The first kappa shape index (κ1) is 29.9. The molecule has 228 valence electrons. The molecule has 0 spiro atoms. The third kappa shape index (κ3) is 5.50. The number of amides is 1. The molecular formula is C27H28FN5O7S3. The van der Waals surface area contributed by atoms with Gasteiger partial charge in [0.2, 0.25) is 17.0 Å². The minimum absolute atomic E-state index is 0.0145. The first-order valence-corrected chi connectivity index (χ1v) is 16.0. The predicted molar refractivity (Wildman–Crippen MR) is 164 cm³/mol. The Bertz CT molecular complexity index is 1650. The number of thioether (sulfide) groups is 2. The van der Waals surface area contributed by atoms with Crippen molar-refractivity contribution in [2.24, 2.45) is 0 Å². The van der Waals surface area contributed by atoms with Gasteiger partial charge in [-0.1, -0.05) is 35.7 Å². The molecule has 0 unspecified atom stereocenters. The summed E-state index contributed by atoms with van der Waals surface area (Å²) in [6.45, 7) is 2.06. The zero-order chi connectivity index (χ0) is 30.6. The molecule has 1 aromatic heterocycles. The number of carboxylic acid groups (broad SMARTS) is 2. The number of anilines is 1. The molecule has 16 heteroatoms. The molecule has 0 bridgehead atoms. The number of hydrogen-bond donors (Lipinski definition) is 3. The van der Waals surface area contributed by atoms with E-state index in [0.717, 1.165) is 18.9 Å². The molecule has 3 N–H and O–H groups in total. The van der Waals surface area contributed by atoms with Crippen LogP contribution < -0.4 is 15.6 Å². The first-order valence-electron chi connectivity index (χ1n) is 13.8. The van der Waals surface area contributed by atoms with Gasteiger partial charge in [-0.15, -0.1) is 0 Å². The number of hydrogen-bond acceptors (Lipinski definition) is 9. The lowest BCUT2D eigenvalue weighted by atomic mass is 10.1. The van der Waals surface area contributed by atoms with E-state index in [1.165, 1.54) is 29.7 Å². The van der Waals surface area contributed by atoms with E-state index in [1.807, 2.05) is 9.80 Å². The number of carbonyl (C=O) groups is 3. The Morgan fingerprint density at radius 1 is 1.14 bits per heavy atom. The molecular weight excluding hydrogens is 622 g/mol. The fourth-order valence-electron chi connectivity index (χ4n) is 5.69. The molecule has 0 radical (unpaired) electrons. The van der Waals surface area contributed by atoms with Gasteiger partial charge in [-0.25, -0.2) is 14.0 Å². The quantitative estimate of drug-likeness (QED) is 0.219. The van der Waals surface area contributed by atoms with E-state index in [0.29, 0.717) is 53.0 Å². The lowest BCUT2D eigenvalue weighted by Crippen LogP contribution is -2.57. The largest absolute Gasteiger partial charge is 0.626 e. The van der Waals surface area contributed by atoms with Gasteiger partial charge in [0, 0.05) is 43.8 Å². The molecule has 6 rings (SSSR count). The number of fused-ring (bicyclic) bond motifs is 2. The molecule has 4 heterocycles. The Labute approximate surface area is 258 Å². The number of benzene rings is 1. The zero-order valence-electron chi connectivity index (χ0n) is 22.8. The van der Waals surface area contributed by atoms with Crippen LogP contribution in [0.1, 0.15) is 35.7 Å². The number of pyridine rings is 1. The summed E-state index contributed by atoms with van der Waals surface area (Å²) in [6.07, 6.45) is 3.71. The number of rotatable bonds is 8. The summed E-state index contributed by atoms with van der Waals surface area (Å²) in [5.41, 5.74) is -0.434. The number of aliphatic carboxylic acids is 1. The van der Waals surface area contributed by atoms with Crippen LogP contribution >= 0.6 is 35.7 Å². The van der Waals surface area contributed by atoms with Crippen molar-refractivity contribution in [1.82, 2.24) is 14.8 Å². The highest BCUT2D eigenvalue weighted by Crippen LogP contribution is 2.51. The Morgan fingerprint density at radius 3 is 2.47 bits per heavy atom. The number of thiocarbonyl (C=S) groups is 1. The van der Waals surface area contributed by atoms with Gasteiger partial charge >= 0.3 is 11.9 Å². The van der Waals surface area contributed by atoms with E-state index < -0.39 is 27.8 Å². The maximum absolute atomic E-state index is 15.3. The molecule has 4 aliphatic rings. The minimum atomic E-state index is -1.34. The predicted octanol–water partition coefficient (Wildman–Crippen LogP) is 2.52. The van der Waals surface area contributed by atoms with Crippen molar-refractivity contribution in [2.45, 2.75) is 30.7 Å². The van der Waals surface area contributed by atoms with E-state index in [2.05, 4.69) is 5.32 Å². The summed E-state index contributed by atoms with van der Waals surface area (Å²) in [5, 5.41) is 34.1. The van der Waals surface area contributed by atoms with E-state index in [9.17, 15) is 34.6 Å². The summed E-state index contributed by atoms with van der Waals surface area (Å²) in [5.74, 6) is -3.50. The summed E-state index contributed by atoms with van der Waals surface area (Å²) < 4.78 is 16.7. The monoisotopic (exact) mass is 649 g/mol. The number of piperazine rings is 1. The highest BCUT2D eigenvalue weighted by molar-refractivity contribution is 8.23. The van der Waals surface area contributed by atoms with Gasteiger partial charge in [0.1, 0.15) is 15.7 Å². The molecule has 1 aliphatic carbocycles. The van der Waals surface area contributed by atoms with Gasteiger partial charge in [-0.2, -0.15) is 0 Å². The third-order valence-corrected chi connectivity index (χ3v) is 11.2. The first-order chi connectivity index (χ1) is 20.5. The number of nitrogens with one attached hydrogen (secondary N) is 1. The van der Waals surface area contributed by atoms with Crippen molar-refractivity contribution in [3.63, 3.8) is 0 Å². The van der Waals surface area contributed by atoms with Crippen LogP contribution in [0.2, 0.25) is 0 Å². The summed E-state index contributed by atoms with van der Waals surface area (Å²) >= 11 is 7.93. The fourth-order valence-corrected chi connectivity index (χ4v) is 8.22. The molecule has 12 nitrogen and oxygen atoms in total. The molecule has 1 saturated carbocycles. The van der Waals surface area contributed by atoms with Crippen molar-refractivity contribution in [3.05, 3.63) is 55.7 Å². The second kappa shape index (κ2) is 11.4. The van der Waals surface area contributed by atoms with Crippen LogP contribution in [-0.4, -0.2) is 96.9 Å². The summed E-state index contributed by atoms with van der Waals surface area (Å²) in [6, 6.07) is 2.83. The van der Waals surface area contributed by atoms with E-state index in [1.54, 1.807) is 10.6 Å².